The molecule has 1 aromatic carbocycles. The smallest absolute Gasteiger partial charge is 0.141 e. The Morgan fingerprint density at radius 1 is 1.10 bits per heavy atom. The first-order valence-corrected chi connectivity index (χ1v) is 6.41. The van der Waals surface area contributed by atoms with Crippen molar-refractivity contribution in [2.24, 2.45) is 0 Å². The number of aromatic nitrogens is 1. The molecule has 0 fully saturated rings. The lowest BCUT2D eigenvalue weighted by Gasteiger charge is -2.19. The summed E-state index contributed by atoms with van der Waals surface area (Å²) in [5.74, 6) is -1.51. The van der Waals surface area contributed by atoms with Crippen molar-refractivity contribution < 1.29 is 13.2 Å². The van der Waals surface area contributed by atoms with Crippen LogP contribution in [-0.2, 0) is 0 Å². The highest BCUT2D eigenvalue weighted by Crippen LogP contribution is 2.24. The number of hydrogen-bond donors (Lipinski definition) is 1. The van der Waals surface area contributed by atoms with E-state index in [4.69, 9.17) is 0 Å². The summed E-state index contributed by atoms with van der Waals surface area (Å²) >= 11 is 0. The number of benzene rings is 1. The molecule has 1 atom stereocenters. The third-order valence-corrected chi connectivity index (χ3v) is 2.91. The molecule has 1 aromatic heterocycles. The first-order valence-electron chi connectivity index (χ1n) is 6.41. The van der Waals surface area contributed by atoms with Crippen LogP contribution >= 0.6 is 0 Å². The molecule has 1 N–H and O–H groups in total. The molecule has 5 heteroatoms. The van der Waals surface area contributed by atoms with Gasteiger partial charge in [0.1, 0.15) is 17.5 Å². The molecule has 0 spiro atoms. The first-order chi connectivity index (χ1) is 9.61. The van der Waals surface area contributed by atoms with E-state index >= 15 is 0 Å². The van der Waals surface area contributed by atoms with Gasteiger partial charge in [0.2, 0.25) is 0 Å². The van der Waals surface area contributed by atoms with Crippen molar-refractivity contribution in [2.75, 3.05) is 6.54 Å². The second kappa shape index (κ2) is 6.52. The molecule has 0 saturated heterocycles. The lowest BCUT2D eigenvalue weighted by atomic mass is 10.0. The minimum absolute atomic E-state index is 0.164. The van der Waals surface area contributed by atoms with E-state index in [1.54, 1.807) is 0 Å². The number of nitrogens with one attached hydrogen (secondary N) is 1. The van der Waals surface area contributed by atoms with Gasteiger partial charge < -0.3 is 5.32 Å². The second-order valence-electron chi connectivity index (χ2n) is 4.45. The maximum absolute atomic E-state index is 13.9. The van der Waals surface area contributed by atoms with Crippen LogP contribution in [0.15, 0.2) is 36.5 Å². The number of halogens is 3. The summed E-state index contributed by atoms with van der Waals surface area (Å²) in [7, 11) is 0. The van der Waals surface area contributed by atoms with Crippen molar-refractivity contribution in [1.29, 1.82) is 0 Å². The fourth-order valence-corrected chi connectivity index (χ4v) is 1.96. The average Bonchev–Trinajstić information content (AvgIpc) is 2.44. The average molecular weight is 280 g/mol. The molecule has 0 aliphatic rings. The highest BCUT2D eigenvalue weighted by atomic mass is 19.1. The largest absolute Gasteiger partial charge is 0.305 e. The predicted octanol–water partition coefficient (Wildman–Crippen LogP) is 3.59. The molecule has 2 aromatic rings. The molecule has 1 unspecified atom stereocenters. The molecule has 0 bridgehead atoms. The fourth-order valence-electron chi connectivity index (χ4n) is 1.96. The molecule has 2 nitrogen and oxygen atoms in total. The van der Waals surface area contributed by atoms with Gasteiger partial charge in [-0.2, -0.15) is 0 Å². The van der Waals surface area contributed by atoms with Crippen molar-refractivity contribution in [3.8, 4) is 0 Å². The molecular weight excluding hydrogens is 265 g/mol. The Labute approximate surface area is 115 Å². The standard InChI is InChI=1S/C15H15F3N2/c1-2-7-19-15(14-6-4-11(17)9-20-14)12-8-10(16)3-5-13(12)18/h3-6,8-9,15,19H,2,7H2,1H3. The van der Waals surface area contributed by atoms with Gasteiger partial charge in [0.05, 0.1) is 17.9 Å². The molecule has 0 aliphatic heterocycles. The first kappa shape index (κ1) is 14.5. The van der Waals surface area contributed by atoms with E-state index in [0.29, 0.717) is 12.2 Å². The number of nitrogens with zero attached hydrogens (tertiary/aromatic N) is 1. The van der Waals surface area contributed by atoms with Gasteiger partial charge in [-0.3, -0.25) is 4.98 Å². The monoisotopic (exact) mass is 280 g/mol. The maximum Gasteiger partial charge on any atom is 0.141 e. The Hall–Kier alpha value is -1.88. The minimum Gasteiger partial charge on any atom is -0.305 e. The zero-order valence-electron chi connectivity index (χ0n) is 11.0. The molecule has 20 heavy (non-hydrogen) atoms. The Kier molecular flexibility index (Phi) is 4.74. The molecule has 0 aliphatic carbocycles. The quantitative estimate of drug-likeness (QED) is 0.905. The molecule has 0 amide bonds. The number of pyridine rings is 1. The normalized spacial score (nSPS) is 12.4. The summed E-state index contributed by atoms with van der Waals surface area (Å²) in [5, 5.41) is 3.10. The second-order valence-corrected chi connectivity index (χ2v) is 4.45. The number of hydrogen-bond acceptors (Lipinski definition) is 2. The van der Waals surface area contributed by atoms with Gasteiger partial charge in [0, 0.05) is 5.56 Å². The summed E-state index contributed by atoms with van der Waals surface area (Å²) in [4.78, 5) is 3.95. The van der Waals surface area contributed by atoms with Crippen molar-refractivity contribution in [2.45, 2.75) is 19.4 Å². The van der Waals surface area contributed by atoms with Crippen LogP contribution in [0.3, 0.4) is 0 Å². The SMILES string of the molecule is CCCNC(c1ccc(F)cn1)c1cc(F)ccc1F. The molecule has 2 rings (SSSR count). The number of rotatable bonds is 5. The van der Waals surface area contributed by atoms with Gasteiger partial charge in [-0.1, -0.05) is 6.92 Å². The Morgan fingerprint density at radius 3 is 2.50 bits per heavy atom. The van der Waals surface area contributed by atoms with E-state index in [1.807, 2.05) is 6.92 Å². The molecular formula is C15H15F3N2. The van der Waals surface area contributed by atoms with E-state index in [-0.39, 0.29) is 5.56 Å². The maximum atomic E-state index is 13.9. The van der Waals surface area contributed by atoms with Crippen molar-refractivity contribution >= 4 is 0 Å². The Balaban J connectivity index is 2.41. The van der Waals surface area contributed by atoms with Crippen molar-refractivity contribution in [1.82, 2.24) is 10.3 Å². The van der Waals surface area contributed by atoms with Gasteiger partial charge in [-0.15, -0.1) is 0 Å². The van der Waals surface area contributed by atoms with Crippen LogP contribution in [0.2, 0.25) is 0 Å². The van der Waals surface area contributed by atoms with Crippen LogP contribution < -0.4 is 5.32 Å². The predicted molar refractivity (Wildman–Crippen MR) is 70.7 cm³/mol. The lowest BCUT2D eigenvalue weighted by molar-refractivity contribution is 0.526. The van der Waals surface area contributed by atoms with Crippen LogP contribution in [0, 0.1) is 17.5 Å². The summed E-state index contributed by atoms with van der Waals surface area (Å²) in [6.45, 7) is 2.57. The zero-order valence-corrected chi connectivity index (χ0v) is 11.0. The van der Waals surface area contributed by atoms with E-state index in [1.165, 1.54) is 12.1 Å². The van der Waals surface area contributed by atoms with Gasteiger partial charge in [0.15, 0.2) is 0 Å². The van der Waals surface area contributed by atoms with Gasteiger partial charge in [0.25, 0.3) is 0 Å². The van der Waals surface area contributed by atoms with Gasteiger partial charge >= 0.3 is 0 Å². The lowest BCUT2D eigenvalue weighted by Crippen LogP contribution is -2.25. The summed E-state index contributed by atoms with van der Waals surface area (Å²) in [5.41, 5.74) is 0.613. The zero-order chi connectivity index (χ0) is 14.5. The third kappa shape index (κ3) is 3.36. The van der Waals surface area contributed by atoms with E-state index in [2.05, 4.69) is 10.3 Å². The minimum atomic E-state index is -0.605. The van der Waals surface area contributed by atoms with Gasteiger partial charge in [-0.05, 0) is 43.3 Å². The molecule has 106 valence electrons. The molecule has 0 radical (unpaired) electrons. The van der Waals surface area contributed by atoms with Crippen LogP contribution in [0.5, 0.6) is 0 Å². The summed E-state index contributed by atoms with van der Waals surface area (Å²) in [6, 6.07) is 5.38. The van der Waals surface area contributed by atoms with Crippen molar-refractivity contribution in [3.63, 3.8) is 0 Å². The molecule has 0 saturated carbocycles. The van der Waals surface area contributed by atoms with Crippen LogP contribution in [0.1, 0.15) is 30.6 Å². The highest BCUT2D eigenvalue weighted by molar-refractivity contribution is 5.29. The topological polar surface area (TPSA) is 24.9 Å². The highest BCUT2D eigenvalue weighted by Gasteiger charge is 2.19. The fraction of sp³-hybridized carbons (Fsp3) is 0.267. The van der Waals surface area contributed by atoms with Crippen LogP contribution in [0.4, 0.5) is 13.2 Å². The Bertz CT molecular complexity index is 570. The molecule has 1 heterocycles. The van der Waals surface area contributed by atoms with Crippen LogP contribution in [0.25, 0.3) is 0 Å². The Morgan fingerprint density at radius 2 is 1.85 bits per heavy atom. The summed E-state index contributed by atoms with van der Waals surface area (Å²) < 4.78 is 40.2. The third-order valence-electron chi connectivity index (χ3n) is 2.91. The van der Waals surface area contributed by atoms with E-state index in [9.17, 15) is 13.2 Å². The van der Waals surface area contributed by atoms with E-state index in [0.717, 1.165) is 30.8 Å². The van der Waals surface area contributed by atoms with E-state index < -0.39 is 23.5 Å². The summed E-state index contributed by atoms with van der Waals surface area (Å²) in [6.07, 6.45) is 1.89. The van der Waals surface area contributed by atoms with Crippen LogP contribution in [-0.4, -0.2) is 11.5 Å². The van der Waals surface area contributed by atoms with Crippen molar-refractivity contribution in [3.05, 3.63) is 65.2 Å². The van der Waals surface area contributed by atoms with Gasteiger partial charge in [-0.25, -0.2) is 13.2 Å².